The fourth-order valence-corrected chi connectivity index (χ4v) is 2.97. The van der Waals surface area contributed by atoms with Crippen LogP contribution in [-0.2, 0) is 10.0 Å². The number of sulfonamides is 1. The van der Waals surface area contributed by atoms with Crippen LogP contribution in [0, 0.1) is 0 Å². The Morgan fingerprint density at radius 3 is 2.67 bits per heavy atom. The molecule has 0 spiro atoms. The van der Waals surface area contributed by atoms with Crippen LogP contribution in [0.15, 0.2) is 0 Å². The second-order valence-electron chi connectivity index (χ2n) is 3.22. The third kappa shape index (κ3) is 2.18. The summed E-state index contributed by atoms with van der Waals surface area (Å²) in [6.07, 6.45) is 1.47. The molecule has 0 unspecified atom stereocenters. The summed E-state index contributed by atoms with van der Waals surface area (Å²) < 4.78 is 24.4. The normalized spacial score (nSPS) is 26.3. The lowest BCUT2D eigenvalue weighted by atomic mass is 10.3. The largest absolute Gasteiger partial charge is 0.326 e. The zero-order valence-electron chi connectivity index (χ0n) is 7.36. The lowest BCUT2D eigenvalue weighted by Crippen LogP contribution is -2.33. The molecule has 1 rings (SSSR count). The van der Waals surface area contributed by atoms with Crippen molar-refractivity contribution in [3.63, 3.8) is 0 Å². The highest BCUT2D eigenvalue weighted by atomic mass is 32.2. The Labute approximate surface area is 73.8 Å². The Balaban J connectivity index is 2.58. The summed E-state index contributed by atoms with van der Waals surface area (Å²) in [5, 5.41) is 0. The standard InChI is InChI=1S/C7H16N2O2S/c1-2-5-12(10,11)9-4-3-7(8)6-9/h7H,2-6,8H2,1H3/t7-/m1/s1. The number of nitrogens with zero attached hydrogens (tertiary/aromatic N) is 1. The first-order valence-corrected chi connectivity index (χ1v) is 5.90. The summed E-state index contributed by atoms with van der Waals surface area (Å²) in [7, 11) is -2.99. The zero-order chi connectivity index (χ0) is 9.19. The molecule has 1 atom stereocenters. The van der Waals surface area contributed by atoms with E-state index in [0.29, 0.717) is 19.5 Å². The molecule has 0 aromatic heterocycles. The van der Waals surface area contributed by atoms with Gasteiger partial charge in [-0.15, -0.1) is 0 Å². The highest BCUT2D eigenvalue weighted by molar-refractivity contribution is 7.89. The van der Waals surface area contributed by atoms with Gasteiger partial charge >= 0.3 is 0 Å². The van der Waals surface area contributed by atoms with Gasteiger partial charge in [0.15, 0.2) is 0 Å². The van der Waals surface area contributed by atoms with E-state index < -0.39 is 10.0 Å². The summed E-state index contributed by atoms with van der Waals surface area (Å²) in [6, 6.07) is 0.0385. The first-order valence-electron chi connectivity index (χ1n) is 4.29. The average Bonchev–Trinajstić information content (AvgIpc) is 2.36. The van der Waals surface area contributed by atoms with Crippen LogP contribution in [0.1, 0.15) is 19.8 Å². The number of hydrogen-bond acceptors (Lipinski definition) is 3. The second kappa shape index (κ2) is 3.72. The zero-order valence-corrected chi connectivity index (χ0v) is 8.18. The Bertz CT molecular complexity index is 238. The summed E-state index contributed by atoms with van der Waals surface area (Å²) >= 11 is 0. The van der Waals surface area contributed by atoms with E-state index in [1.807, 2.05) is 6.92 Å². The van der Waals surface area contributed by atoms with Gasteiger partial charge in [-0.05, 0) is 12.8 Å². The molecular weight excluding hydrogens is 176 g/mol. The van der Waals surface area contributed by atoms with Crippen LogP contribution in [0.2, 0.25) is 0 Å². The maximum absolute atomic E-state index is 11.4. The van der Waals surface area contributed by atoms with Gasteiger partial charge in [-0.1, -0.05) is 6.92 Å². The van der Waals surface area contributed by atoms with E-state index in [0.717, 1.165) is 6.42 Å². The number of hydrogen-bond donors (Lipinski definition) is 1. The van der Waals surface area contributed by atoms with E-state index in [4.69, 9.17) is 5.73 Å². The molecule has 0 bridgehead atoms. The lowest BCUT2D eigenvalue weighted by molar-refractivity contribution is 0.472. The van der Waals surface area contributed by atoms with E-state index in [1.54, 1.807) is 0 Å². The predicted molar refractivity (Wildman–Crippen MR) is 48.2 cm³/mol. The van der Waals surface area contributed by atoms with Crippen LogP contribution in [0.3, 0.4) is 0 Å². The molecule has 12 heavy (non-hydrogen) atoms. The summed E-state index contributed by atoms with van der Waals surface area (Å²) in [5.41, 5.74) is 5.61. The van der Waals surface area contributed by atoms with Crippen LogP contribution in [-0.4, -0.2) is 37.6 Å². The lowest BCUT2D eigenvalue weighted by Gasteiger charge is -2.14. The molecule has 1 saturated heterocycles. The molecule has 1 fully saturated rings. The van der Waals surface area contributed by atoms with Crippen molar-refractivity contribution in [2.75, 3.05) is 18.8 Å². The molecule has 1 aliphatic rings. The highest BCUT2D eigenvalue weighted by Crippen LogP contribution is 2.12. The van der Waals surface area contributed by atoms with Gasteiger partial charge in [-0.2, -0.15) is 0 Å². The molecule has 1 heterocycles. The Morgan fingerprint density at radius 2 is 2.25 bits per heavy atom. The van der Waals surface area contributed by atoms with Crippen molar-refractivity contribution in [1.29, 1.82) is 0 Å². The maximum atomic E-state index is 11.4. The van der Waals surface area contributed by atoms with Crippen LogP contribution >= 0.6 is 0 Å². The van der Waals surface area contributed by atoms with Gasteiger partial charge in [-0.25, -0.2) is 12.7 Å². The summed E-state index contributed by atoms with van der Waals surface area (Å²) in [6.45, 7) is 2.97. The minimum Gasteiger partial charge on any atom is -0.326 e. The van der Waals surface area contributed by atoms with Crippen molar-refractivity contribution < 1.29 is 8.42 Å². The SMILES string of the molecule is CCCS(=O)(=O)N1CC[C@@H](N)C1. The topological polar surface area (TPSA) is 63.4 Å². The molecule has 5 heteroatoms. The first kappa shape index (κ1) is 9.95. The third-order valence-corrected chi connectivity index (χ3v) is 4.09. The fraction of sp³-hybridized carbons (Fsp3) is 1.00. The van der Waals surface area contributed by atoms with E-state index in [9.17, 15) is 8.42 Å². The van der Waals surface area contributed by atoms with E-state index in [-0.39, 0.29) is 11.8 Å². The Hall–Kier alpha value is -0.130. The van der Waals surface area contributed by atoms with Crippen molar-refractivity contribution in [1.82, 2.24) is 4.31 Å². The summed E-state index contributed by atoms with van der Waals surface area (Å²) in [5.74, 6) is 0.250. The molecule has 1 aliphatic heterocycles. The highest BCUT2D eigenvalue weighted by Gasteiger charge is 2.28. The number of nitrogens with two attached hydrogens (primary N) is 1. The average molecular weight is 192 g/mol. The van der Waals surface area contributed by atoms with Crippen molar-refractivity contribution in [2.45, 2.75) is 25.8 Å². The molecule has 72 valence electrons. The van der Waals surface area contributed by atoms with E-state index >= 15 is 0 Å². The number of rotatable bonds is 3. The van der Waals surface area contributed by atoms with Gasteiger partial charge < -0.3 is 5.73 Å². The van der Waals surface area contributed by atoms with Crippen LogP contribution in [0.25, 0.3) is 0 Å². The van der Waals surface area contributed by atoms with Crippen molar-refractivity contribution in [2.24, 2.45) is 5.73 Å². The minimum atomic E-state index is -2.99. The Kier molecular flexibility index (Phi) is 3.09. The van der Waals surface area contributed by atoms with E-state index in [1.165, 1.54) is 4.31 Å². The molecule has 0 aromatic carbocycles. The molecule has 0 amide bonds. The smallest absolute Gasteiger partial charge is 0.214 e. The third-order valence-electron chi connectivity index (χ3n) is 2.04. The van der Waals surface area contributed by atoms with Gasteiger partial charge in [0.05, 0.1) is 5.75 Å². The van der Waals surface area contributed by atoms with Crippen LogP contribution < -0.4 is 5.73 Å². The quantitative estimate of drug-likeness (QED) is 0.671. The van der Waals surface area contributed by atoms with Gasteiger partial charge in [0.25, 0.3) is 0 Å². The molecule has 0 aromatic rings. The van der Waals surface area contributed by atoms with Crippen molar-refractivity contribution in [3.8, 4) is 0 Å². The van der Waals surface area contributed by atoms with Gasteiger partial charge in [0.1, 0.15) is 0 Å². The van der Waals surface area contributed by atoms with Crippen molar-refractivity contribution in [3.05, 3.63) is 0 Å². The van der Waals surface area contributed by atoms with Gasteiger partial charge in [0.2, 0.25) is 10.0 Å². The van der Waals surface area contributed by atoms with E-state index in [2.05, 4.69) is 0 Å². The first-order chi connectivity index (χ1) is 5.56. The second-order valence-corrected chi connectivity index (χ2v) is 5.31. The molecule has 0 radical (unpaired) electrons. The monoisotopic (exact) mass is 192 g/mol. The van der Waals surface area contributed by atoms with Crippen molar-refractivity contribution >= 4 is 10.0 Å². The molecule has 4 nitrogen and oxygen atoms in total. The fourth-order valence-electron chi connectivity index (χ4n) is 1.39. The predicted octanol–water partition coefficient (Wildman–Crippen LogP) is -0.241. The molecular formula is C7H16N2O2S. The van der Waals surface area contributed by atoms with Gasteiger partial charge in [-0.3, -0.25) is 0 Å². The minimum absolute atomic E-state index is 0.0385. The van der Waals surface area contributed by atoms with Crippen LogP contribution in [0.4, 0.5) is 0 Å². The van der Waals surface area contributed by atoms with Crippen LogP contribution in [0.5, 0.6) is 0 Å². The van der Waals surface area contributed by atoms with Gasteiger partial charge in [0, 0.05) is 19.1 Å². The molecule has 0 saturated carbocycles. The Morgan fingerprint density at radius 1 is 1.58 bits per heavy atom. The molecule has 0 aliphatic carbocycles. The molecule has 2 N–H and O–H groups in total. The summed E-state index contributed by atoms with van der Waals surface area (Å²) in [4.78, 5) is 0. The maximum Gasteiger partial charge on any atom is 0.214 e.